The lowest BCUT2D eigenvalue weighted by Crippen LogP contribution is -3.14. The molecule has 0 saturated carbocycles. The van der Waals surface area contributed by atoms with Crippen LogP contribution in [0.5, 0.6) is 0 Å². The highest BCUT2D eigenvalue weighted by Crippen LogP contribution is 2.21. The zero-order chi connectivity index (χ0) is 18.4. The molecule has 3 N–H and O–H groups in total. The van der Waals surface area contributed by atoms with Crippen molar-refractivity contribution in [1.82, 2.24) is 5.32 Å². The fourth-order valence-corrected chi connectivity index (χ4v) is 5.05. The SMILES string of the molecule is CC[NH+](CC(=O)Nc1sccc1C#N)CC(=O)N[C@H]1CCS(=O)(=O)C1. The molecule has 0 radical (unpaired) electrons. The predicted molar refractivity (Wildman–Crippen MR) is 94.1 cm³/mol. The van der Waals surface area contributed by atoms with E-state index in [1.807, 2.05) is 13.0 Å². The van der Waals surface area contributed by atoms with Gasteiger partial charge in [0.05, 0.1) is 23.6 Å². The highest BCUT2D eigenvalue weighted by atomic mass is 32.2. The summed E-state index contributed by atoms with van der Waals surface area (Å²) >= 11 is 1.27. The molecule has 2 atom stereocenters. The molecule has 1 aliphatic heterocycles. The van der Waals surface area contributed by atoms with Crippen molar-refractivity contribution in [3.63, 3.8) is 0 Å². The van der Waals surface area contributed by atoms with Gasteiger partial charge in [-0.15, -0.1) is 11.3 Å². The van der Waals surface area contributed by atoms with Gasteiger partial charge in [0.1, 0.15) is 11.1 Å². The van der Waals surface area contributed by atoms with Crippen LogP contribution in [0.2, 0.25) is 0 Å². The Morgan fingerprint density at radius 3 is 2.72 bits per heavy atom. The van der Waals surface area contributed by atoms with Gasteiger partial charge in [-0.3, -0.25) is 9.59 Å². The van der Waals surface area contributed by atoms with E-state index in [4.69, 9.17) is 5.26 Å². The summed E-state index contributed by atoms with van der Waals surface area (Å²) in [7, 11) is -3.04. The van der Waals surface area contributed by atoms with Crippen LogP contribution < -0.4 is 15.5 Å². The summed E-state index contributed by atoms with van der Waals surface area (Å²) in [5.41, 5.74) is 0.414. The number of likely N-dealkylation sites (N-methyl/N-ethyl adjacent to an activating group) is 1. The second kappa shape index (κ2) is 8.42. The minimum absolute atomic E-state index is 0.0179. The Balaban J connectivity index is 1.82. The number of sulfone groups is 1. The lowest BCUT2D eigenvalue weighted by molar-refractivity contribution is -0.881. The Kier molecular flexibility index (Phi) is 6.52. The zero-order valence-corrected chi connectivity index (χ0v) is 15.5. The van der Waals surface area contributed by atoms with Gasteiger partial charge >= 0.3 is 0 Å². The first-order chi connectivity index (χ1) is 11.8. The summed E-state index contributed by atoms with van der Waals surface area (Å²) in [6.45, 7) is 2.62. The topological polar surface area (TPSA) is 121 Å². The average molecular weight is 385 g/mol. The maximum Gasteiger partial charge on any atom is 0.280 e. The van der Waals surface area contributed by atoms with Crippen LogP contribution in [-0.4, -0.2) is 57.4 Å². The number of rotatable bonds is 7. The van der Waals surface area contributed by atoms with E-state index in [0.717, 1.165) is 4.90 Å². The van der Waals surface area contributed by atoms with Crippen LogP contribution in [0.1, 0.15) is 18.9 Å². The van der Waals surface area contributed by atoms with Gasteiger partial charge in [0.15, 0.2) is 22.9 Å². The van der Waals surface area contributed by atoms with Crippen LogP contribution in [0.15, 0.2) is 11.4 Å². The monoisotopic (exact) mass is 385 g/mol. The van der Waals surface area contributed by atoms with Crippen molar-refractivity contribution in [2.45, 2.75) is 19.4 Å². The van der Waals surface area contributed by atoms with Crippen LogP contribution in [0.25, 0.3) is 0 Å². The van der Waals surface area contributed by atoms with Gasteiger partial charge in [-0.25, -0.2) is 8.42 Å². The quantitative estimate of drug-likeness (QED) is 0.543. The Bertz CT molecular complexity index is 782. The molecule has 2 amide bonds. The number of nitrogens with one attached hydrogen (secondary N) is 3. The van der Waals surface area contributed by atoms with Gasteiger partial charge in [-0.05, 0) is 24.8 Å². The van der Waals surface area contributed by atoms with Crippen LogP contribution in [0.4, 0.5) is 5.00 Å². The number of anilines is 1. The standard InChI is InChI=1S/C15H20N4O4S2/c1-2-19(8-13(20)17-12-4-6-25(22,23)10-12)9-14(21)18-15-11(7-16)3-5-24-15/h3,5,12H,2,4,6,8-10H2,1H3,(H,17,20)(H,18,21)/p+1/t12-/m0/s1. The molecular formula is C15H21N4O4S2+. The molecule has 10 heteroatoms. The molecule has 136 valence electrons. The second-order valence-corrected chi connectivity index (χ2v) is 9.09. The van der Waals surface area contributed by atoms with Crippen LogP contribution in [-0.2, 0) is 19.4 Å². The van der Waals surface area contributed by atoms with Crippen molar-refractivity contribution in [1.29, 1.82) is 5.26 Å². The van der Waals surface area contributed by atoms with Crippen LogP contribution >= 0.6 is 11.3 Å². The van der Waals surface area contributed by atoms with Crippen molar-refractivity contribution in [3.8, 4) is 6.07 Å². The van der Waals surface area contributed by atoms with Gasteiger partial charge in [-0.1, -0.05) is 0 Å². The van der Waals surface area contributed by atoms with Crippen LogP contribution in [0.3, 0.4) is 0 Å². The smallest absolute Gasteiger partial charge is 0.280 e. The third-order valence-corrected chi connectivity index (χ3v) is 6.56. The minimum Gasteiger partial charge on any atom is -0.347 e. The predicted octanol–water partition coefficient (Wildman–Crippen LogP) is -1.23. The lowest BCUT2D eigenvalue weighted by atomic mass is 10.2. The largest absolute Gasteiger partial charge is 0.347 e. The minimum atomic E-state index is -3.04. The second-order valence-electron chi connectivity index (χ2n) is 5.95. The van der Waals surface area contributed by atoms with Gasteiger partial charge in [0.25, 0.3) is 11.8 Å². The average Bonchev–Trinajstić information content (AvgIpc) is 3.12. The summed E-state index contributed by atoms with van der Waals surface area (Å²) < 4.78 is 22.8. The number of carbonyl (C=O) groups is 2. The Labute approximate surface area is 150 Å². The van der Waals surface area contributed by atoms with E-state index in [1.54, 1.807) is 11.4 Å². The number of amides is 2. The lowest BCUT2D eigenvalue weighted by Gasteiger charge is -2.18. The van der Waals surface area contributed by atoms with E-state index in [2.05, 4.69) is 10.6 Å². The summed E-state index contributed by atoms with van der Waals surface area (Å²) in [6.07, 6.45) is 0.436. The number of nitriles is 1. The fraction of sp³-hybridized carbons (Fsp3) is 0.533. The Hall–Kier alpha value is -1.96. The summed E-state index contributed by atoms with van der Waals surface area (Å²) in [5.74, 6) is -0.449. The molecule has 2 rings (SSSR count). The fourth-order valence-electron chi connectivity index (χ4n) is 2.62. The molecule has 0 spiro atoms. The molecule has 0 aromatic carbocycles. The highest BCUT2D eigenvalue weighted by molar-refractivity contribution is 7.91. The zero-order valence-electron chi connectivity index (χ0n) is 13.9. The molecule has 2 heterocycles. The van der Waals surface area contributed by atoms with E-state index in [9.17, 15) is 18.0 Å². The summed E-state index contributed by atoms with van der Waals surface area (Å²) in [4.78, 5) is 24.9. The molecule has 1 aromatic rings. The summed E-state index contributed by atoms with van der Waals surface area (Å²) in [5, 5.41) is 16.6. The molecule has 0 bridgehead atoms. The van der Waals surface area contributed by atoms with Gasteiger partial charge in [-0.2, -0.15) is 5.26 Å². The maximum absolute atomic E-state index is 12.1. The number of carbonyl (C=O) groups excluding carboxylic acids is 2. The maximum atomic E-state index is 12.1. The molecular weight excluding hydrogens is 364 g/mol. The molecule has 25 heavy (non-hydrogen) atoms. The Morgan fingerprint density at radius 1 is 1.40 bits per heavy atom. The number of hydrogen-bond acceptors (Lipinski definition) is 6. The van der Waals surface area contributed by atoms with Gasteiger partial charge < -0.3 is 15.5 Å². The molecule has 8 nitrogen and oxygen atoms in total. The number of quaternary nitrogens is 1. The van der Waals surface area contributed by atoms with Crippen LogP contribution in [0, 0.1) is 11.3 Å². The first kappa shape index (κ1) is 19.4. The molecule has 1 fully saturated rings. The first-order valence-corrected chi connectivity index (χ1v) is 10.6. The number of hydrogen-bond donors (Lipinski definition) is 3. The van der Waals surface area contributed by atoms with Crippen molar-refractivity contribution in [2.24, 2.45) is 0 Å². The van der Waals surface area contributed by atoms with Gasteiger partial charge in [0, 0.05) is 6.04 Å². The third-order valence-electron chi connectivity index (χ3n) is 3.96. The molecule has 0 aliphatic carbocycles. The normalized spacial score (nSPS) is 19.8. The van der Waals surface area contributed by atoms with E-state index in [1.165, 1.54) is 11.3 Å². The Morgan fingerprint density at radius 2 is 2.12 bits per heavy atom. The van der Waals surface area contributed by atoms with E-state index in [-0.39, 0.29) is 42.5 Å². The third kappa shape index (κ3) is 5.81. The van der Waals surface area contributed by atoms with E-state index in [0.29, 0.717) is 23.5 Å². The van der Waals surface area contributed by atoms with E-state index >= 15 is 0 Å². The van der Waals surface area contributed by atoms with Crippen molar-refractivity contribution in [2.75, 3.05) is 36.5 Å². The van der Waals surface area contributed by atoms with Crippen molar-refractivity contribution < 1.29 is 22.9 Å². The molecule has 1 aliphatic rings. The highest BCUT2D eigenvalue weighted by Gasteiger charge is 2.29. The molecule has 1 aromatic heterocycles. The first-order valence-electron chi connectivity index (χ1n) is 7.93. The van der Waals surface area contributed by atoms with Crippen molar-refractivity contribution >= 4 is 38.0 Å². The van der Waals surface area contributed by atoms with Gasteiger partial charge in [0.2, 0.25) is 0 Å². The van der Waals surface area contributed by atoms with E-state index < -0.39 is 9.84 Å². The molecule has 1 unspecified atom stereocenters. The summed E-state index contributed by atoms with van der Waals surface area (Å²) in [6, 6.07) is 3.30. The molecule has 1 saturated heterocycles. The number of thiophene rings is 1. The number of nitrogens with zero attached hydrogens (tertiary/aromatic N) is 1. The van der Waals surface area contributed by atoms with Crippen molar-refractivity contribution in [3.05, 3.63) is 17.0 Å².